The number of azo groups is 1. The summed E-state index contributed by atoms with van der Waals surface area (Å²) in [4.78, 5) is 4.57. The maximum absolute atomic E-state index is 9.56. The Kier molecular flexibility index (Phi) is 8.09. The van der Waals surface area contributed by atoms with Crippen LogP contribution < -0.4 is 0 Å². The maximum Gasteiger partial charge on any atom is 0.199 e. The number of hydrogen-bond donors (Lipinski definition) is 0. The van der Waals surface area contributed by atoms with Gasteiger partial charge in [-0.15, -0.1) is 0 Å². The van der Waals surface area contributed by atoms with Gasteiger partial charge in [0.05, 0.1) is 23.0 Å². The molecule has 0 N–H and O–H groups in total. The fraction of sp³-hybridized carbons (Fsp3) is 0.385. The van der Waals surface area contributed by atoms with Crippen LogP contribution in [0.25, 0.3) is 10.9 Å². The van der Waals surface area contributed by atoms with E-state index in [1.807, 2.05) is 48.5 Å². The van der Waals surface area contributed by atoms with Crippen molar-refractivity contribution < 1.29 is 0 Å². The van der Waals surface area contributed by atoms with Crippen molar-refractivity contribution in [2.75, 3.05) is 0 Å². The highest BCUT2D eigenvalue weighted by Gasteiger charge is 2.12. The molecule has 2 aromatic carbocycles. The van der Waals surface area contributed by atoms with Crippen LogP contribution in [0.1, 0.15) is 75.6 Å². The number of nitrogens with zero attached hydrogens (tertiary/aromatic N) is 4. The van der Waals surface area contributed by atoms with Crippen molar-refractivity contribution in [1.29, 1.82) is 5.26 Å². The second-order valence-electron chi connectivity index (χ2n) is 7.72. The van der Waals surface area contributed by atoms with Gasteiger partial charge < -0.3 is 0 Å². The molecule has 0 aliphatic rings. The smallest absolute Gasteiger partial charge is 0.199 e. The fourth-order valence-corrected chi connectivity index (χ4v) is 3.75. The molecule has 0 bridgehead atoms. The molecule has 4 heteroatoms. The van der Waals surface area contributed by atoms with Gasteiger partial charge in [-0.05, 0) is 48.6 Å². The van der Waals surface area contributed by atoms with Crippen molar-refractivity contribution in [2.24, 2.45) is 10.2 Å². The van der Waals surface area contributed by atoms with E-state index in [0.29, 0.717) is 11.6 Å². The third kappa shape index (κ3) is 5.73. The molecule has 0 aliphatic heterocycles. The molecule has 0 amide bonds. The molecule has 0 spiro atoms. The van der Waals surface area contributed by atoms with Crippen LogP contribution in [0.15, 0.2) is 70.9 Å². The van der Waals surface area contributed by atoms with E-state index in [1.54, 1.807) is 0 Å². The quantitative estimate of drug-likeness (QED) is 0.256. The number of rotatable bonds is 10. The molecule has 1 heterocycles. The minimum atomic E-state index is -0.712. The molecule has 1 aromatic heterocycles. The Morgan fingerprint density at radius 1 is 0.933 bits per heavy atom. The summed E-state index contributed by atoms with van der Waals surface area (Å²) in [5, 5.41) is 19.2. The Morgan fingerprint density at radius 2 is 1.73 bits per heavy atom. The maximum atomic E-state index is 9.56. The number of para-hydroxylation sites is 1. The van der Waals surface area contributed by atoms with Gasteiger partial charge in [-0.2, -0.15) is 15.5 Å². The molecule has 0 aliphatic carbocycles. The lowest BCUT2D eigenvalue weighted by Crippen LogP contribution is -1.97. The molecule has 0 fully saturated rings. The Labute approximate surface area is 179 Å². The number of unbranched alkanes of at least 4 members (excludes halogenated alkanes) is 3. The molecule has 154 valence electrons. The summed E-state index contributed by atoms with van der Waals surface area (Å²) < 4.78 is 0. The van der Waals surface area contributed by atoms with Gasteiger partial charge in [0.2, 0.25) is 0 Å². The van der Waals surface area contributed by atoms with E-state index in [9.17, 15) is 5.26 Å². The highest BCUT2D eigenvalue weighted by atomic mass is 15.1. The lowest BCUT2D eigenvalue weighted by Gasteiger charge is -2.15. The molecule has 30 heavy (non-hydrogen) atoms. The molecule has 0 radical (unpaired) electrons. The molecule has 3 rings (SSSR count). The lowest BCUT2D eigenvalue weighted by atomic mass is 9.91. The predicted molar refractivity (Wildman–Crippen MR) is 123 cm³/mol. The third-order valence-electron chi connectivity index (χ3n) is 5.57. The molecule has 2 unspecified atom stereocenters. The molecule has 3 aromatic rings. The average Bonchev–Trinajstić information content (AvgIpc) is 2.80. The fourth-order valence-electron chi connectivity index (χ4n) is 3.75. The van der Waals surface area contributed by atoms with E-state index in [0.717, 1.165) is 23.0 Å². The van der Waals surface area contributed by atoms with Crippen molar-refractivity contribution in [3.8, 4) is 6.07 Å². The summed E-state index contributed by atoms with van der Waals surface area (Å²) in [7, 11) is 0. The van der Waals surface area contributed by atoms with E-state index in [2.05, 4.69) is 47.3 Å². The number of aromatic nitrogens is 1. The van der Waals surface area contributed by atoms with Gasteiger partial charge in [0, 0.05) is 5.39 Å². The number of nitriles is 1. The second kappa shape index (κ2) is 11.2. The average molecular weight is 399 g/mol. The van der Waals surface area contributed by atoms with Gasteiger partial charge in [0.25, 0.3) is 0 Å². The largest absolute Gasteiger partial charge is 0.249 e. The van der Waals surface area contributed by atoms with Crippen LogP contribution >= 0.6 is 0 Å². The third-order valence-corrected chi connectivity index (χ3v) is 5.57. The van der Waals surface area contributed by atoms with Gasteiger partial charge in [-0.25, -0.2) is 4.98 Å². The van der Waals surface area contributed by atoms with Crippen LogP contribution in [-0.4, -0.2) is 4.98 Å². The van der Waals surface area contributed by atoms with Gasteiger partial charge in [0.15, 0.2) is 6.04 Å². The first-order chi connectivity index (χ1) is 14.7. The standard InChI is InChI=1S/C26H30N4/c1-3-5-6-7-10-20(4-2)21-13-16-23(17-14-21)29-30-26(19-27)25-18-15-22-11-8-9-12-24(22)28-25/h8-9,11-18,20,26H,3-7,10H2,1-2H3. The molecular weight excluding hydrogens is 368 g/mol. The Balaban J connectivity index is 1.67. The SMILES string of the molecule is CCCCCCC(CC)c1ccc(N=NC(C#N)c2ccc3ccccc3n2)cc1. The molecule has 0 saturated heterocycles. The number of benzene rings is 2. The van der Waals surface area contributed by atoms with Crippen LogP contribution in [0.5, 0.6) is 0 Å². The molecule has 0 saturated carbocycles. The summed E-state index contributed by atoms with van der Waals surface area (Å²) >= 11 is 0. The topological polar surface area (TPSA) is 61.4 Å². The zero-order valence-electron chi connectivity index (χ0n) is 18.0. The molecule has 4 nitrogen and oxygen atoms in total. The minimum absolute atomic E-state index is 0.599. The monoisotopic (exact) mass is 398 g/mol. The number of hydrogen-bond acceptors (Lipinski definition) is 4. The van der Waals surface area contributed by atoms with Crippen molar-refractivity contribution in [3.05, 3.63) is 71.9 Å². The molecular formula is C26H30N4. The van der Waals surface area contributed by atoms with E-state index >= 15 is 0 Å². The highest BCUT2D eigenvalue weighted by Crippen LogP contribution is 2.28. The zero-order chi connectivity index (χ0) is 21.2. The van der Waals surface area contributed by atoms with E-state index in [-0.39, 0.29) is 0 Å². The van der Waals surface area contributed by atoms with E-state index in [4.69, 9.17) is 0 Å². The van der Waals surface area contributed by atoms with Crippen LogP contribution in [0, 0.1) is 11.3 Å². The highest BCUT2D eigenvalue weighted by molar-refractivity contribution is 5.78. The van der Waals surface area contributed by atoms with E-state index < -0.39 is 6.04 Å². The second-order valence-corrected chi connectivity index (χ2v) is 7.72. The first-order valence-corrected chi connectivity index (χ1v) is 11.0. The van der Waals surface area contributed by atoms with Crippen LogP contribution in [0.4, 0.5) is 5.69 Å². The van der Waals surface area contributed by atoms with E-state index in [1.165, 1.54) is 37.7 Å². The van der Waals surface area contributed by atoms with Crippen molar-refractivity contribution in [1.82, 2.24) is 4.98 Å². The Morgan fingerprint density at radius 3 is 2.47 bits per heavy atom. The predicted octanol–water partition coefficient (Wildman–Crippen LogP) is 8.05. The van der Waals surface area contributed by atoms with Crippen molar-refractivity contribution >= 4 is 16.6 Å². The minimum Gasteiger partial charge on any atom is -0.249 e. The van der Waals surface area contributed by atoms with Gasteiger partial charge in [-0.1, -0.05) is 75.9 Å². The first-order valence-electron chi connectivity index (χ1n) is 11.0. The van der Waals surface area contributed by atoms with Crippen molar-refractivity contribution in [3.63, 3.8) is 0 Å². The zero-order valence-corrected chi connectivity index (χ0v) is 18.0. The van der Waals surface area contributed by atoms with Crippen molar-refractivity contribution in [2.45, 2.75) is 64.3 Å². The normalized spacial score (nSPS) is 13.4. The van der Waals surface area contributed by atoms with Gasteiger partial charge in [0.1, 0.15) is 0 Å². The summed E-state index contributed by atoms with van der Waals surface area (Å²) in [6.45, 7) is 4.50. The lowest BCUT2D eigenvalue weighted by molar-refractivity contribution is 0.542. The summed E-state index contributed by atoms with van der Waals surface area (Å²) in [6, 6.07) is 21.5. The first kappa shape index (κ1) is 21.6. The van der Waals surface area contributed by atoms with Gasteiger partial charge in [-0.3, -0.25) is 0 Å². The Hall–Kier alpha value is -3.06. The van der Waals surface area contributed by atoms with Crippen LogP contribution in [-0.2, 0) is 0 Å². The Bertz CT molecular complexity index is 1000. The van der Waals surface area contributed by atoms with Gasteiger partial charge >= 0.3 is 0 Å². The summed E-state index contributed by atoms with van der Waals surface area (Å²) in [5.41, 5.74) is 3.61. The summed E-state index contributed by atoms with van der Waals surface area (Å²) in [6.07, 6.45) is 7.59. The van der Waals surface area contributed by atoms with Crippen LogP contribution in [0.3, 0.4) is 0 Å². The number of pyridine rings is 1. The molecule has 2 atom stereocenters. The van der Waals surface area contributed by atoms with Crippen LogP contribution in [0.2, 0.25) is 0 Å². The summed E-state index contributed by atoms with van der Waals surface area (Å²) in [5.74, 6) is 0.599. The number of fused-ring (bicyclic) bond motifs is 1.